The van der Waals surface area contributed by atoms with Gasteiger partial charge in [0, 0.05) is 17.5 Å². The van der Waals surface area contributed by atoms with Crippen LogP contribution < -0.4 is 9.47 Å². The number of ether oxygens (including phenoxy) is 2. The first-order valence-electron chi connectivity index (χ1n) is 10.3. The minimum atomic E-state index is -0.818. The number of carbonyl (C=O) groups is 1. The summed E-state index contributed by atoms with van der Waals surface area (Å²) in [5.41, 5.74) is 4.30. The van der Waals surface area contributed by atoms with E-state index in [9.17, 15) is 14.3 Å². The van der Waals surface area contributed by atoms with Gasteiger partial charge in [-0.3, -0.25) is 4.79 Å². The molecule has 1 atom stereocenters. The normalized spacial score (nSPS) is 17.8. The highest BCUT2D eigenvalue weighted by atomic mass is 19.1. The van der Waals surface area contributed by atoms with Crippen LogP contribution in [0.2, 0.25) is 0 Å². The average molecular weight is 398 g/mol. The van der Waals surface area contributed by atoms with Gasteiger partial charge < -0.3 is 14.6 Å². The van der Waals surface area contributed by atoms with Gasteiger partial charge in [-0.05, 0) is 81.3 Å². The number of rotatable bonds is 5. The minimum absolute atomic E-state index is 0.219. The summed E-state index contributed by atoms with van der Waals surface area (Å²) in [5, 5.41) is 9.44. The number of hydrogen-bond acceptors (Lipinski definition) is 3. The number of aliphatic carboxylic acids is 1. The van der Waals surface area contributed by atoms with E-state index in [4.69, 9.17) is 9.47 Å². The maximum Gasteiger partial charge on any atom is 0.310 e. The molecular formula is C24H27FO4. The summed E-state index contributed by atoms with van der Waals surface area (Å²) in [6, 6.07) is 6.75. The molecule has 0 saturated carbocycles. The zero-order valence-electron chi connectivity index (χ0n) is 17.2. The van der Waals surface area contributed by atoms with Crippen molar-refractivity contribution < 1.29 is 23.8 Å². The van der Waals surface area contributed by atoms with E-state index in [2.05, 4.69) is 0 Å². The Labute approximate surface area is 170 Å². The van der Waals surface area contributed by atoms with Crippen LogP contribution in [-0.2, 0) is 30.7 Å². The van der Waals surface area contributed by atoms with E-state index in [1.54, 1.807) is 6.92 Å². The van der Waals surface area contributed by atoms with Crippen LogP contribution in [0.1, 0.15) is 67.3 Å². The molecule has 0 bridgehead atoms. The first kappa shape index (κ1) is 19.7. The topological polar surface area (TPSA) is 55.8 Å². The van der Waals surface area contributed by atoms with Crippen molar-refractivity contribution in [1.29, 1.82) is 0 Å². The highest BCUT2D eigenvalue weighted by Crippen LogP contribution is 2.40. The molecule has 2 aromatic carbocycles. The quantitative estimate of drug-likeness (QED) is 0.754. The van der Waals surface area contributed by atoms with Crippen LogP contribution in [0.15, 0.2) is 24.3 Å². The van der Waals surface area contributed by atoms with E-state index in [-0.39, 0.29) is 18.0 Å². The Balaban J connectivity index is 1.63. The molecule has 0 fully saturated rings. The molecule has 5 heteroatoms. The molecule has 1 N–H and O–H groups in total. The number of carboxylic acids is 1. The first-order valence-corrected chi connectivity index (χ1v) is 10.3. The zero-order chi connectivity index (χ0) is 20.8. The lowest BCUT2D eigenvalue weighted by Crippen LogP contribution is -2.25. The van der Waals surface area contributed by atoms with Crippen molar-refractivity contribution in [2.24, 2.45) is 0 Å². The highest BCUT2D eigenvalue weighted by molar-refractivity contribution is 5.76. The second-order valence-electron chi connectivity index (χ2n) is 8.76. The third kappa shape index (κ3) is 3.83. The van der Waals surface area contributed by atoms with Gasteiger partial charge in [-0.15, -0.1) is 0 Å². The molecule has 1 unspecified atom stereocenters. The van der Waals surface area contributed by atoms with Gasteiger partial charge in [0.15, 0.2) is 0 Å². The molecule has 154 valence electrons. The Morgan fingerprint density at radius 3 is 2.69 bits per heavy atom. The van der Waals surface area contributed by atoms with Crippen molar-refractivity contribution in [2.45, 2.75) is 71.0 Å². The van der Waals surface area contributed by atoms with Crippen LogP contribution in [0.25, 0.3) is 0 Å². The summed E-state index contributed by atoms with van der Waals surface area (Å²) in [7, 11) is 0. The van der Waals surface area contributed by atoms with Gasteiger partial charge in [0.05, 0.1) is 5.92 Å². The predicted octanol–water partition coefficient (Wildman–Crippen LogP) is 5.19. The number of fused-ring (bicyclic) bond motifs is 2. The molecule has 29 heavy (non-hydrogen) atoms. The monoisotopic (exact) mass is 398 g/mol. The van der Waals surface area contributed by atoms with Crippen molar-refractivity contribution in [2.75, 3.05) is 0 Å². The largest absolute Gasteiger partial charge is 0.488 e. The summed E-state index contributed by atoms with van der Waals surface area (Å²) in [6.45, 7) is 5.93. The SMILES string of the molecule is CC(C(=O)O)c1ccc(OCc2cc(F)cc3c2OC(C)(C)C3)c2c1CCCC2. The smallest absolute Gasteiger partial charge is 0.310 e. The summed E-state index contributed by atoms with van der Waals surface area (Å²) < 4.78 is 26.3. The lowest BCUT2D eigenvalue weighted by Gasteiger charge is -2.24. The standard InChI is InChI=1S/C24H27FO4/c1-14(23(26)27)18-8-9-21(20-7-5-4-6-19(18)20)28-13-16-11-17(25)10-15-12-24(2,3)29-22(15)16/h8-11,14H,4-7,12-13H2,1-3H3,(H,26,27). The fourth-order valence-corrected chi connectivity index (χ4v) is 4.54. The predicted molar refractivity (Wildman–Crippen MR) is 108 cm³/mol. The number of benzene rings is 2. The third-order valence-corrected chi connectivity index (χ3v) is 5.95. The van der Waals surface area contributed by atoms with Gasteiger partial charge in [0.25, 0.3) is 0 Å². The van der Waals surface area contributed by atoms with E-state index in [0.29, 0.717) is 12.0 Å². The fraction of sp³-hybridized carbons (Fsp3) is 0.458. The third-order valence-electron chi connectivity index (χ3n) is 5.95. The van der Waals surface area contributed by atoms with Crippen molar-refractivity contribution in [3.8, 4) is 11.5 Å². The van der Waals surface area contributed by atoms with Crippen molar-refractivity contribution in [3.05, 3.63) is 57.9 Å². The van der Waals surface area contributed by atoms with E-state index in [0.717, 1.165) is 59.4 Å². The van der Waals surface area contributed by atoms with Gasteiger partial charge in [-0.2, -0.15) is 0 Å². The number of halogens is 1. The van der Waals surface area contributed by atoms with Crippen LogP contribution in [-0.4, -0.2) is 16.7 Å². The molecule has 2 aliphatic rings. The number of hydrogen-bond donors (Lipinski definition) is 1. The lowest BCUT2D eigenvalue weighted by molar-refractivity contribution is -0.138. The molecule has 4 nitrogen and oxygen atoms in total. The lowest BCUT2D eigenvalue weighted by atomic mass is 9.83. The molecule has 0 saturated heterocycles. The molecule has 1 aliphatic carbocycles. The van der Waals surface area contributed by atoms with Crippen LogP contribution in [0.5, 0.6) is 11.5 Å². The van der Waals surface area contributed by atoms with Gasteiger partial charge in [-0.1, -0.05) is 6.07 Å². The molecule has 0 spiro atoms. The van der Waals surface area contributed by atoms with Gasteiger partial charge in [-0.25, -0.2) is 4.39 Å². The molecule has 1 aliphatic heterocycles. The van der Waals surface area contributed by atoms with E-state index in [1.165, 1.54) is 12.1 Å². The maximum absolute atomic E-state index is 14.1. The Bertz CT molecular complexity index is 964. The van der Waals surface area contributed by atoms with E-state index in [1.807, 2.05) is 26.0 Å². The highest BCUT2D eigenvalue weighted by Gasteiger charge is 2.32. The van der Waals surface area contributed by atoms with Crippen LogP contribution in [0.4, 0.5) is 4.39 Å². The molecule has 0 radical (unpaired) electrons. The summed E-state index contributed by atoms with van der Waals surface area (Å²) in [4.78, 5) is 11.5. The Morgan fingerprint density at radius 2 is 1.97 bits per heavy atom. The molecule has 4 rings (SSSR count). The van der Waals surface area contributed by atoms with E-state index < -0.39 is 11.9 Å². The van der Waals surface area contributed by atoms with Crippen LogP contribution in [0, 0.1) is 5.82 Å². The summed E-state index contributed by atoms with van der Waals surface area (Å²) in [5.74, 6) is -0.159. The fourth-order valence-electron chi connectivity index (χ4n) is 4.54. The second-order valence-corrected chi connectivity index (χ2v) is 8.76. The summed E-state index contributed by atoms with van der Waals surface area (Å²) >= 11 is 0. The number of carboxylic acid groups (broad SMARTS) is 1. The van der Waals surface area contributed by atoms with Crippen molar-refractivity contribution in [3.63, 3.8) is 0 Å². The first-order chi connectivity index (χ1) is 13.7. The van der Waals surface area contributed by atoms with Crippen LogP contribution >= 0.6 is 0 Å². The Hall–Kier alpha value is -2.56. The summed E-state index contributed by atoms with van der Waals surface area (Å²) in [6.07, 6.45) is 4.52. The van der Waals surface area contributed by atoms with E-state index >= 15 is 0 Å². The van der Waals surface area contributed by atoms with Gasteiger partial charge in [0.1, 0.15) is 29.5 Å². The molecule has 1 heterocycles. The minimum Gasteiger partial charge on any atom is -0.488 e. The molecular weight excluding hydrogens is 371 g/mol. The van der Waals surface area contributed by atoms with Gasteiger partial charge in [0.2, 0.25) is 0 Å². The molecule has 0 aromatic heterocycles. The molecule has 2 aromatic rings. The molecule has 0 amide bonds. The van der Waals surface area contributed by atoms with Crippen molar-refractivity contribution in [1.82, 2.24) is 0 Å². The van der Waals surface area contributed by atoms with Crippen molar-refractivity contribution >= 4 is 5.97 Å². The van der Waals surface area contributed by atoms with Crippen LogP contribution in [0.3, 0.4) is 0 Å². The second kappa shape index (κ2) is 7.36. The average Bonchev–Trinajstić information content (AvgIpc) is 2.99. The zero-order valence-corrected chi connectivity index (χ0v) is 17.2. The maximum atomic E-state index is 14.1. The Morgan fingerprint density at radius 1 is 1.24 bits per heavy atom. The van der Waals surface area contributed by atoms with Gasteiger partial charge >= 0.3 is 5.97 Å². The Kier molecular flexibility index (Phi) is 5.01.